The quantitative estimate of drug-likeness (QED) is 0.432. The molecular weight excluding hydrogens is 314 g/mol. The van der Waals surface area contributed by atoms with Gasteiger partial charge in [-0.2, -0.15) is 0 Å². The fourth-order valence-electron chi connectivity index (χ4n) is 2.28. The Kier molecular flexibility index (Phi) is 3.74. The molecule has 0 bridgehead atoms. The van der Waals surface area contributed by atoms with Gasteiger partial charge in [0, 0.05) is 29.9 Å². The summed E-state index contributed by atoms with van der Waals surface area (Å²) in [5.74, 6) is -0.963. The van der Waals surface area contributed by atoms with Crippen molar-refractivity contribution in [3.05, 3.63) is 57.9 Å². The number of H-pyrrole nitrogens is 1. The average molecular weight is 325 g/mol. The first-order chi connectivity index (χ1) is 11.5. The van der Waals surface area contributed by atoms with E-state index < -0.39 is 10.8 Å². The molecule has 120 valence electrons. The number of fused-ring (bicyclic) bond motifs is 1. The maximum absolute atomic E-state index is 11.9. The van der Waals surface area contributed by atoms with Crippen molar-refractivity contribution in [3.8, 4) is 5.88 Å². The van der Waals surface area contributed by atoms with Crippen LogP contribution in [0, 0.1) is 17.0 Å². The van der Waals surface area contributed by atoms with Crippen molar-refractivity contribution < 1.29 is 14.8 Å². The topological polar surface area (TPSA) is 134 Å². The highest BCUT2D eigenvalue weighted by Crippen LogP contribution is 2.38. The number of aromatic hydroxyl groups is 1. The summed E-state index contributed by atoms with van der Waals surface area (Å²) in [4.78, 5) is 28.9. The molecule has 2 N–H and O–H groups in total. The van der Waals surface area contributed by atoms with Crippen LogP contribution in [0.4, 0.5) is 11.4 Å². The zero-order valence-electron chi connectivity index (χ0n) is 12.4. The fourth-order valence-corrected chi connectivity index (χ4v) is 2.28. The molecule has 2 aromatic heterocycles. The van der Waals surface area contributed by atoms with Crippen molar-refractivity contribution in [2.45, 2.75) is 6.92 Å². The van der Waals surface area contributed by atoms with Crippen LogP contribution in [0.1, 0.15) is 15.9 Å². The molecule has 0 radical (unpaired) electrons. The lowest BCUT2D eigenvalue weighted by Crippen LogP contribution is -1.93. The number of azo groups is 1. The van der Waals surface area contributed by atoms with Crippen LogP contribution in [0.3, 0.4) is 0 Å². The zero-order chi connectivity index (χ0) is 17.3. The second-order valence-electron chi connectivity index (χ2n) is 5.01. The van der Waals surface area contributed by atoms with Gasteiger partial charge >= 0.3 is 0 Å². The fraction of sp³-hybridized carbons (Fsp3) is 0.0667. The number of hydrogen-bond donors (Lipinski definition) is 2. The van der Waals surface area contributed by atoms with Crippen LogP contribution < -0.4 is 0 Å². The van der Waals surface area contributed by atoms with E-state index in [1.165, 1.54) is 30.6 Å². The maximum Gasteiger partial charge on any atom is 0.296 e. The molecule has 0 saturated heterocycles. The number of pyridine rings is 1. The first-order valence-electron chi connectivity index (χ1n) is 6.83. The van der Waals surface area contributed by atoms with Gasteiger partial charge in [0.15, 0.2) is 5.69 Å². The van der Waals surface area contributed by atoms with E-state index in [0.717, 1.165) is 0 Å². The summed E-state index contributed by atoms with van der Waals surface area (Å²) in [5, 5.41) is 28.6. The van der Waals surface area contributed by atoms with Crippen molar-refractivity contribution >= 4 is 28.2 Å². The molecule has 0 aliphatic carbocycles. The summed E-state index contributed by atoms with van der Waals surface area (Å²) in [6, 6.07) is 5.75. The summed E-state index contributed by atoms with van der Waals surface area (Å²) in [6.45, 7) is 1.66. The zero-order valence-corrected chi connectivity index (χ0v) is 12.4. The monoisotopic (exact) mass is 325 g/mol. The Morgan fingerprint density at radius 2 is 2.21 bits per heavy atom. The molecule has 0 fully saturated rings. The van der Waals surface area contributed by atoms with Crippen LogP contribution >= 0.6 is 0 Å². The van der Waals surface area contributed by atoms with E-state index in [-0.39, 0.29) is 22.8 Å². The first kappa shape index (κ1) is 15.3. The van der Waals surface area contributed by atoms with Gasteiger partial charge in [0.25, 0.3) is 11.6 Å². The standard InChI is InChI=1S/C15H11N5O4/c1-8-5-10(20(23)24)6-11-12(8)17-15(22)13(11)18-19-14(21)9-3-2-4-16-7-9/h2-7,17,22H,1H3. The van der Waals surface area contributed by atoms with Crippen LogP contribution in [0.15, 0.2) is 46.9 Å². The lowest BCUT2D eigenvalue weighted by atomic mass is 10.1. The molecule has 1 aromatic carbocycles. The molecule has 3 rings (SSSR count). The minimum absolute atomic E-state index is 0.0333. The van der Waals surface area contributed by atoms with Crippen molar-refractivity contribution in [2.24, 2.45) is 10.2 Å². The average Bonchev–Trinajstić information content (AvgIpc) is 2.89. The molecule has 0 aliphatic heterocycles. The number of nitrogens with one attached hydrogen (secondary N) is 1. The van der Waals surface area contributed by atoms with Crippen molar-refractivity contribution in [3.63, 3.8) is 0 Å². The van der Waals surface area contributed by atoms with Crippen molar-refractivity contribution in [1.29, 1.82) is 0 Å². The Balaban J connectivity index is 2.06. The summed E-state index contributed by atoms with van der Waals surface area (Å²) >= 11 is 0. The lowest BCUT2D eigenvalue weighted by Gasteiger charge is -1.97. The van der Waals surface area contributed by atoms with Gasteiger partial charge in [0.05, 0.1) is 16.0 Å². The molecule has 1 amide bonds. The second kappa shape index (κ2) is 5.88. The van der Waals surface area contributed by atoms with Crippen molar-refractivity contribution in [1.82, 2.24) is 9.97 Å². The number of aromatic nitrogens is 2. The van der Waals surface area contributed by atoms with E-state index in [1.54, 1.807) is 13.0 Å². The summed E-state index contributed by atoms with van der Waals surface area (Å²) in [6.07, 6.45) is 2.85. The third kappa shape index (κ3) is 2.70. The number of carbonyl (C=O) groups excluding carboxylic acids is 1. The van der Waals surface area contributed by atoms with E-state index in [2.05, 4.69) is 20.2 Å². The first-order valence-corrected chi connectivity index (χ1v) is 6.83. The predicted molar refractivity (Wildman–Crippen MR) is 84.4 cm³/mol. The molecule has 2 heterocycles. The van der Waals surface area contributed by atoms with Crippen LogP contribution in [0.5, 0.6) is 5.88 Å². The summed E-state index contributed by atoms with van der Waals surface area (Å²) in [5.41, 5.74) is 1.11. The molecule has 9 nitrogen and oxygen atoms in total. The molecule has 9 heteroatoms. The highest BCUT2D eigenvalue weighted by atomic mass is 16.6. The van der Waals surface area contributed by atoms with Gasteiger partial charge in [-0.15, -0.1) is 10.2 Å². The smallest absolute Gasteiger partial charge is 0.296 e. The Bertz CT molecular complexity index is 978. The highest BCUT2D eigenvalue weighted by Gasteiger charge is 2.17. The van der Waals surface area contributed by atoms with Gasteiger partial charge in [-0.1, -0.05) is 0 Å². The number of nitro groups is 1. The molecule has 24 heavy (non-hydrogen) atoms. The minimum Gasteiger partial charge on any atom is -0.493 e. The van der Waals surface area contributed by atoms with E-state index in [4.69, 9.17) is 0 Å². The molecular formula is C15H11N5O4. The number of nitro benzene ring substituents is 1. The minimum atomic E-state index is -0.640. The normalized spacial score (nSPS) is 11.2. The third-order valence-electron chi connectivity index (χ3n) is 3.40. The largest absolute Gasteiger partial charge is 0.493 e. The number of aromatic amines is 1. The van der Waals surface area contributed by atoms with E-state index in [0.29, 0.717) is 16.5 Å². The predicted octanol–water partition coefficient (Wildman–Crippen LogP) is 3.41. The van der Waals surface area contributed by atoms with Crippen molar-refractivity contribution in [2.75, 3.05) is 0 Å². The number of aryl methyl sites for hydroxylation is 1. The van der Waals surface area contributed by atoms with Gasteiger partial charge in [0.2, 0.25) is 5.88 Å². The van der Waals surface area contributed by atoms with Gasteiger partial charge < -0.3 is 10.1 Å². The number of amides is 1. The third-order valence-corrected chi connectivity index (χ3v) is 3.40. The molecule has 0 spiro atoms. The van der Waals surface area contributed by atoms with Gasteiger partial charge in [0.1, 0.15) is 0 Å². The number of carbonyl (C=O) groups is 1. The summed E-state index contributed by atoms with van der Waals surface area (Å²) < 4.78 is 0. The molecule has 3 aromatic rings. The number of hydrogen-bond acceptors (Lipinski definition) is 6. The lowest BCUT2D eigenvalue weighted by molar-refractivity contribution is -0.384. The summed E-state index contributed by atoms with van der Waals surface area (Å²) in [7, 11) is 0. The molecule has 0 saturated carbocycles. The highest BCUT2D eigenvalue weighted by molar-refractivity contribution is 5.98. The van der Waals surface area contributed by atoms with Gasteiger partial charge in [-0.05, 0) is 24.6 Å². The molecule has 0 aliphatic rings. The Labute approximate surface area is 134 Å². The maximum atomic E-state index is 11.9. The number of non-ortho nitro benzene ring substituents is 1. The molecule has 0 atom stereocenters. The Hall–Kier alpha value is -3.62. The Morgan fingerprint density at radius 1 is 1.42 bits per heavy atom. The van der Waals surface area contributed by atoms with Crippen LogP contribution in [0.25, 0.3) is 10.9 Å². The van der Waals surface area contributed by atoms with Crippen LogP contribution in [-0.2, 0) is 0 Å². The van der Waals surface area contributed by atoms with E-state index in [9.17, 15) is 20.0 Å². The Morgan fingerprint density at radius 3 is 2.88 bits per heavy atom. The number of benzene rings is 1. The molecule has 0 unspecified atom stereocenters. The van der Waals surface area contributed by atoms with Gasteiger partial charge in [-0.3, -0.25) is 19.9 Å². The number of rotatable bonds is 3. The van der Waals surface area contributed by atoms with Crippen LogP contribution in [-0.4, -0.2) is 25.9 Å². The van der Waals surface area contributed by atoms with Gasteiger partial charge in [-0.25, -0.2) is 0 Å². The van der Waals surface area contributed by atoms with E-state index in [1.807, 2.05) is 0 Å². The second-order valence-corrected chi connectivity index (χ2v) is 5.01. The van der Waals surface area contributed by atoms with Crippen LogP contribution in [0.2, 0.25) is 0 Å². The van der Waals surface area contributed by atoms with E-state index >= 15 is 0 Å². The number of nitrogens with zero attached hydrogens (tertiary/aromatic N) is 4. The SMILES string of the molecule is Cc1cc([N+](=O)[O-])cc2c(N=NC(=O)c3cccnc3)c(O)[nH]c12.